The van der Waals surface area contributed by atoms with Gasteiger partial charge in [-0.3, -0.25) is 38.4 Å². The third-order valence-electron chi connectivity index (χ3n) is 30.0. The number of carbonyl (C=O) groups is 8. The molecule has 844 valence electrons. The molecular formula is C127H240O16. The van der Waals surface area contributed by atoms with Crippen molar-refractivity contribution in [2.24, 2.45) is 10.8 Å². The lowest BCUT2D eigenvalue weighted by Gasteiger charge is -2.31. The Balaban J connectivity index is 6.52. The molecule has 0 aliphatic rings. The molecule has 0 saturated heterocycles. The summed E-state index contributed by atoms with van der Waals surface area (Å²) in [7, 11) is 0. The first-order valence-corrected chi connectivity index (χ1v) is 63.5. The van der Waals surface area contributed by atoms with Crippen molar-refractivity contribution in [1.82, 2.24) is 0 Å². The fraction of sp³-hybridized carbons (Fsp3) is 0.937. The van der Waals surface area contributed by atoms with Crippen molar-refractivity contribution in [1.29, 1.82) is 0 Å². The van der Waals surface area contributed by atoms with Crippen LogP contribution in [0.2, 0.25) is 0 Å². The van der Waals surface area contributed by atoms with Gasteiger partial charge in [-0.1, -0.05) is 600 Å². The Morgan fingerprint density at radius 3 is 0.238 bits per heavy atom. The summed E-state index contributed by atoms with van der Waals surface area (Å²) in [6.07, 6.45) is 114. The van der Waals surface area contributed by atoms with Crippen molar-refractivity contribution < 1.29 is 76.3 Å². The van der Waals surface area contributed by atoms with E-state index in [0.717, 1.165) is 116 Å². The van der Waals surface area contributed by atoms with E-state index in [1.54, 1.807) is 0 Å². The molecule has 0 amide bonds. The SMILES string of the molecule is CCCCCCCCCCCCCCCCCC(=O)OCC(COC(=O)CCCCCCCCCCCCCCCCC)(COC(=O)CCCCCCCCCCCCCCCCC)COC(=O)CCCCCCCC(=O)OCC(COC(=O)CCCCCCCCCCCCCCCCC)(COC(=O)CCCCCCCCCCCCCCCCC)COC(=O)CCCCCCCCCCCCCCCCC. The Morgan fingerprint density at radius 2 is 0.168 bits per heavy atom. The molecular weight excluding hydrogens is 1780 g/mol. The first-order chi connectivity index (χ1) is 70.2. The van der Waals surface area contributed by atoms with Gasteiger partial charge in [0.05, 0.1) is 0 Å². The van der Waals surface area contributed by atoms with Gasteiger partial charge >= 0.3 is 47.8 Å². The molecule has 0 aromatic heterocycles. The number of hydrogen-bond donors (Lipinski definition) is 0. The van der Waals surface area contributed by atoms with E-state index in [0.29, 0.717) is 70.6 Å². The van der Waals surface area contributed by atoms with Crippen molar-refractivity contribution in [3.63, 3.8) is 0 Å². The molecule has 0 rings (SSSR count). The molecule has 0 spiro atoms. The van der Waals surface area contributed by atoms with Crippen molar-refractivity contribution in [2.75, 3.05) is 52.9 Å². The number of hydrogen-bond acceptors (Lipinski definition) is 16. The first kappa shape index (κ1) is 139. The molecule has 143 heavy (non-hydrogen) atoms. The van der Waals surface area contributed by atoms with E-state index in [1.165, 1.54) is 424 Å². The zero-order chi connectivity index (χ0) is 104. The van der Waals surface area contributed by atoms with E-state index in [2.05, 4.69) is 41.5 Å². The molecule has 16 nitrogen and oxygen atoms in total. The minimum Gasteiger partial charge on any atom is -0.465 e. The number of esters is 8. The van der Waals surface area contributed by atoms with E-state index in [9.17, 15) is 38.4 Å². The minimum atomic E-state index is -1.34. The molecule has 0 bridgehead atoms. The van der Waals surface area contributed by atoms with Crippen LogP contribution in [-0.4, -0.2) is 101 Å². The Labute approximate surface area is 885 Å². The van der Waals surface area contributed by atoms with E-state index in [4.69, 9.17) is 37.9 Å². The van der Waals surface area contributed by atoms with Gasteiger partial charge in [0.15, 0.2) is 0 Å². The van der Waals surface area contributed by atoms with Gasteiger partial charge in [-0.25, -0.2) is 0 Å². The van der Waals surface area contributed by atoms with Crippen LogP contribution < -0.4 is 0 Å². The van der Waals surface area contributed by atoms with Gasteiger partial charge in [-0.05, 0) is 51.4 Å². The maximum Gasteiger partial charge on any atom is 0.305 e. The Hall–Kier alpha value is -4.24. The standard InChI is InChI=1S/C127H240O16/c1-7-13-19-25-31-37-43-49-55-61-67-73-79-86-94-102-118(128)136-110-126(111-137-119(129)103-95-87-80-74-68-62-56-50-44-38-32-26-20-14-8-2,112-138-120(130)104-96-88-81-75-69-63-57-51-45-39-33-27-21-15-9-3)116-142-124(134)108-100-92-85-93-101-109-125(135)143-117-127(113-139-121(131)105-97-89-82-76-70-64-58-52-46-40-34-28-22-16-10-4,114-140-122(132)106-98-90-83-77-71-65-59-53-47-41-35-29-23-17-11-5)115-141-123(133)107-99-91-84-78-72-66-60-54-48-42-36-30-24-18-12-6/h7-117H2,1-6H3. The van der Waals surface area contributed by atoms with Gasteiger partial charge < -0.3 is 37.9 Å². The van der Waals surface area contributed by atoms with Crippen LogP contribution in [-0.2, 0) is 76.3 Å². The number of ether oxygens (including phenoxy) is 8. The van der Waals surface area contributed by atoms with Crippen LogP contribution in [0.5, 0.6) is 0 Å². The first-order valence-electron chi connectivity index (χ1n) is 63.5. The number of unbranched alkanes of at least 4 members (excludes halogenated alkanes) is 88. The molecule has 0 atom stereocenters. The Kier molecular flexibility index (Phi) is 110. The molecule has 0 unspecified atom stereocenters. The highest BCUT2D eigenvalue weighted by Crippen LogP contribution is 2.30. The topological polar surface area (TPSA) is 210 Å². The van der Waals surface area contributed by atoms with Crippen molar-refractivity contribution >= 4 is 47.8 Å². The second-order valence-corrected chi connectivity index (χ2v) is 44.8. The molecule has 0 saturated carbocycles. The highest BCUT2D eigenvalue weighted by molar-refractivity contribution is 5.72. The normalized spacial score (nSPS) is 11.7. The molecule has 0 N–H and O–H groups in total. The van der Waals surface area contributed by atoms with Gasteiger partial charge in [0.1, 0.15) is 63.7 Å². The second-order valence-electron chi connectivity index (χ2n) is 44.8. The predicted molar refractivity (Wildman–Crippen MR) is 602 cm³/mol. The highest BCUT2D eigenvalue weighted by atomic mass is 16.6. The zero-order valence-corrected chi connectivity index (χ0v) is 96.0. The summed E-state index contributed by atoms with van der Waals surface area (Å²) in [6.45, 7) is 11.5. The highest BCUT2D eigenvalue weighted by Gasteiger charge is 2.40. The fourth-order valence-electron chi connectivity index (χ4n) is 19.9. The summed E-state index contributed by atoms with van der Waals surface area (Å²) in [5, 5.41) is 0. The second kappa shape index (κ2) is 113. The van der Waals surface area contributed by atoms with Crippen molar-refractivity contribution in [2.45, 2.75) is 703 Å². The smallest absolute Gasteiger partial charge is 0.305 e. The van der Waals surface area contributed by atoms with Crippen molar-refractivity contribution in [3.05, 3.63) is 0 Å². The third-order valence-corrected chi connectivity index (χ3v) is 30.0. The Bertz CT molecular complexity index is 2290. The maximum absolute atomic E-state index is 14.0. The van der Waals surface area contributed by atoms with Crippen LogP contribution in [0.1, 0.15) is 703 Å². The van der Waals surface area contributed by atoms with Crippen LogP contribution in [0.25, 0.3) is 0 Å². The molecule has 0 radical (unpaired) electrons. The lowest BCUT2D eigenvalue weighted by atomic mass is 9.92. The largest absolute Gasteiger partial charge is 0.465 e. The summed E-state index contributed by atoms with van der Waals surface area (Å²) < 4.78 is 48.6. The van der Waals surface area contributed by atoms with Gasteiger partial charge in [-0.15, -0.1) is 0 Å². The summed E-state index contributed by atoms with van der Waals surface area (Å²) in [4.78, 5) is 110. The third kappa shape index (κ3) is 105. The molecule has 16 heteroatoms. The quantitative estimate of drug-likeness (QED) is 0.0315. The van der Waals surface area contributed by atoms with Gasteiger partial charge in [0.2, 0.25) is 0 Å². The fourth-order valence-corrected chi connectivity index (χ4v) is 19.9. The molecule has 0 aromatic rings. The van der Waals surface area contributed by atoms with Crippen LogP contribution in [0.3, 0.4) is 0 Å². The van der Waals surface area contributed by atoms with E-state index in [-0.39, 0.29) is 140 Å². The number of rotatable bonds is 120. The predicted octanol–water partition coefficient (Wildman–Crippen LogP) is 39.6. The van der Waals surface area contributed by atoms with Gasteiger partial charge in [-0.2, -0.15) is 0 Å². The summed E-state index contributed by atoms with van der Waals surface area (Å²) in [6, 6.07) is 0. The Morgan fingerprint density at radius 1 is 0.105 bits per heavy atom. The molecule has 0 heterocycles. The van der Waals surface area contributed by atoms with E-state index in [1.807, 2.05) is 0 Å². The molecule has 0 fully saturated rings. The maximum atomic E-state index is 14.0. The molecule has 0 aliphatic heterocycles. The summed E-state index contributed by atoms with van der Waals surface area (Å²) in [5.41, 5.74) is -2.68. The van der Waals surface area contributed by atoms with Crippen LogP contribution >= 0.6 is 0 Å². The monoisotopic (exact) mass is 2020 g/mol. The van der Waals surface area contributed by atoms with E-state index < -0.39 is 22.8 Å². The molecule has 0 aliphatic carbocycles. The van der Waals surface area contributed by atoms with Crippen LogP contribution in [0, 0.1) is 10.8 Å². The molecule has 0 aromatic carbocycles. The van der Waals surface area contributed by atoms with Crippen LogP contribution in [0.4, 0.5) is 0 Å². The summed E-state index contributed by atoms with van der Waals surface area (Å²) in [5.74, 6) is -3.28. The number of carbonyl (C=O) groups excluding carboxylic acids is 8. The average Bonchev–Trinajstić information content (AvgIpc) is 0.855. The van der Waals surface area contributed by atoms with Gasteiger partial charge in [0, 0.05) is 51.4 Å². The minimum absolute atomic E-state index is 0.0926. The lowest BCUT2D eigenvalue weighted by Crippen LogP contribution is -2.44. The average molecular weight is 2020 g/mol. The van der Waals surface area contributed by atoms with Gasteiger partial charge in [0.25, 0.3) is 0 Å². The van der Waals surface area contributed by atoms with Crippen LogP contribution in [0.15, 0.2) is 0 Å². The summed E-state index contributed by atoms with van der Waals surface area (Å²) >= 11 is 0. The lowest BCUT2D eigenvalue weighted by molar-refractivity contribution is -0.174. The van der Waals surface area contributed by atoms with Crippen molar-refractivity contribution in [3.8, 4) is 0 Å². The zero-order valence-electron chi connectivity index (χ0n) is 96.0. The van der Waals surface area contributed by atoms with E-state index >= 15 is 0 Å².